The molecule has 0 amide bonds. The van der Waals surface area contributed by atoms with Crippen molar-refractivity contribution >= 4 is 0 Å². The summed E-state index contributed by atoms with van der Waals surface area (Å²) in [6.45, 7) is 2.23. The Balaban J connectivity index is 2.03. The van der Waals surface area contributed by atoms with Gasteiger partial charge in [-0.15, -0.1) is 0 Å². The molecule has 0 fully saturated rings. The van der Waals surface area contributed by atoms with Crippen LogP contribution in [0.15, 0.2) is 47.4 Å². The second-order valence-corrected chi connectivity index (χ2v) is 5.40. The molecule has 3 nitrogen and oxygen atoms in total. The Labute approximate surface area is 126 Å². The van der Waals surface area contributed by atoms with Gasteiger partial charge in [0.15, 0.2) is 0 Å². The number of aryl methyl sites for hydroxylation is 1. The zero-order chi connectivity index (χ0) is 14.9. The SMILES string of the molecule is CCCCCCCCc1cccc(=O)n1-c1ccccn1. The third-order valence-electron chi connectivity index (χ3n) is 3.70. The highest BCUT2D eigenvalue weighted by atomic mass is 16.1. The van der Waals surface area contributed by atoms with Crippen molar-refractivity contribution in [3.8, 4) is 5.82 Å². The van der Waals surface area contributed by atoms with Crippen LogP contribution in [0.5, 0.6) is 0 Å². The summed E-state index contributed by atoms with van der Waals surface area (Å²) >= 11 is 0. The molecule has 21 heavy (non-hydrogen) atoms. The van der Waals surface area contributed by atoms with Crippen LogP contribution in [0.4, 0.5) is 0 Å². The summed E-state index contributed by atoms with van der Waals surface area (Å²) < 4.78 is 1.73. The first-order valence-corrected chi connectivity index (χ1v) is 7.95. The Morgan fingerprint density at radius 1 is 0.952 bits per heavy atom. The molecular weight excluding hydrogens is 260 g/mol. The fourth-order valence-corrected chi connectivity index (χ4v) is 2.56. The maximum absolute atomic E-state index is 12.1. The molecule has 0 saturated carbocycles. The number of pyridine rings is 2. The van der Waals surface area contributed by atoms with Crippen LogP contribution in [0.25, 0.3) is 5.82 Å². The number of hydrogen-bond donors (Lipinski definition) is 0. The van der Waals surface area contributed by atoms with Gasteiger partial charge in [0.05, 0.1) is 0 Å². The average molecular weight is 284 g/mol. The van der Waals surface area contributed by atoms with Crippen molar-refractivity contribution in [2.75, 3.05) is 0 Å². The Hall–Kier alpha value is -1.90. The van der Waals surface area contributed by atoms with Crippen molar-refractivity contribution in [2.45, 2.75) is 51.9 Å². The predicted molar refractivity (Wildman–Crippen MR) is 86.9 cm³/mol. The molecule has 0 bridgehead atoms. The zero-order valence-electron chi connectivity index (χ0n) is 12.8. The van der Waals surface area contributed by atoms with Gasteiger partial charge in [-0.2, -0.15) is 0 Å². The first kappa shape index (κ1) is 15.5. The molecule has 2 aromatic rings. The van der Waals surface area contributed by atoms with Gasteiger partial charge < -0.3 is 0 Å². The molecule has 112 valence electrons. The van der Waals surface area contributed by atoms with E-state index in [4.69, 9.17) is 0 Å². The summed E-state index contributed by atoms with van der Waals surface area (Å²) in [7, 11) is 0. The lowest BCUT2D eigenvalue weighted by Gasteiger charge is -2.11. The van der Waals surface area contributed by atoms with Crippen LogP contribution in [0.1, 0.15) is 51.1 Å². The van der Waals surface area contributed by atoms with E-state index in [9.17, 15) is 4.79 Å². The van der Waals surface area contributed by atoms with Gasteiger partial charge in [0.2, 0.25) is 0 Å². The van der Waals surface area contributed by atoms with E-state index in [2.05, 4.69) is 11.9 Å². The van der Waals surface area contributed by atoms with Crippen LogP contribution in [-0.4, -0.2) is 9.55 Å². The van der Waals surface area contributed by atoms with Crippen LogP contribution in [0.3, 0.4) is 0 Å². The van der Waals surface area contributed by atoms with E-state index in [-0.39, 0.29) is 5.56 Å². The third-order valence-corrected chi connectivity index (χ3v) is 3.70. The molecule has 2 heterocycles. The molecule has 0 radical (unpaired) electrons. The highest BCUT2D eigenvalue weighted by Gasteiger charge is 2.06. The van der Waals surface area contributed by atoms with E-state index in [1.165, 1.54) is 32.1 Å². The van der Waals surface area contributed by atoms with Gasteiger partial charge in [0, 0.05) is 18.0 Å². The summed E-state index contributed by atoms with van der Waals surface area (Å²) in [4.78, 5) is 16.4. The number of aromatic nitrogens is 2. The topological polar surface area (TPSA) is 34.9 Å². The van der Waals surface area contributed by atoms with Crippen molar-refractivity contribution in [1.29, 1.82) is 0 Å². The quantitative estimate of drug-likeness (QED) is 0.683. The van der Waals surface area contributed by atoms with Crippen LogP contribution in [0.2, 0.25) is 0 Å². The molecule has 0 N–H and O–H groups in total. The molecule has 0 aliphatic rings. The van der Waals surface area contributed by atoms with Crippen molar-refractivity contribution in [2.24, 2.45) is 0 Å². The molecular formula is C18H24N2O. The predicted octanol–water partition coefficient (Wildman–Crippen LogP) is 4.14. The van der Waals surface area contributed by atoms with Gasteiger partial charge in [-0.3, -0.25) is 9.36 Å². The largest absolute Gasteiger partial charge is 0.269 e. The molecule has 0 aliphatic carbocycles. The second kappa shape index (κ2) is 8.40. The lowest BCUT2D eigenvalue weighted by molar-refractivity contribution is 0.600. The highest BCUT2D eigenvalue weighted by Crippen LogP contribution is 2.11. The van der Waals surface area contributed by atoms with Gasteiger partial charge in [0.25, 0.3) is 5.56 Å². The Morgan fingerprint density at radius 3 is 2.52 bits per heavy atom. The summed E-state index contributed by atoms with van der Waals surface area (Å²) in [5.74, 6) is 0.712. The van der Waals surface area contributed by atoms with E-state index in [1.54, 1.807) is 16.8 Å². The Bertz CT molecular complexity index is 590. The standard InChI is InChI=1S/C18H24N2O/c1-2-3-4-5-6-7-11-16-12-10-14-18(21)20(16)17-13-8-9-15-19-17/h8-10,12-15H,2-7,11H2,1H3. The van der Waals surface area contributed by atoms with Gasteiger partial charge in [-0.25, -0.2) is 4.98 Å². The normalized spacial score (nSPS) is 10.7. The van der Waals surface area contributed by atoms with E-state index in [0.717, 1.165) is 18.5 Å². The summed E-state index contributed by atoms with van der Waals surface area (Å²) in [5.41, 5.74) is 1.05. The van der Waals surface area contributed by atoms with Crippen LogP contribution in [0, 0.1) is 0 Å². The molecule has 0 unspecified atom stereocenters. The number of unbranched alkanes of at least 4 members (excludes halogenated alkanes) is 5. The minimum absolute atomic E-state index is 0.00261. The number of hydrogen-bond acceptors (Lipinski definition) is 2. The van der Waals surface area contributed by atoms with E-state index in [1.807, 2.05) is 30.3 Å². The smallest absolute Gasteiger partial charge is 0.256 e. The minimum atomic E-state index is -0.00261. The highest BCUT2D eigenvalue weighted by molar-refractivity contribution is 5.26. The van der Waals surface area contributed by atoms with E-state index >= 15 is 0 Å². The molecule has 0 atom stereocenters. The first-order valence-electron chi connectivity index (χ1n) is 7.95. The molecule has 3 heteroatoms. The molecule has 2 aromatic heterocycles. The van der Waals surface area contributed by atoms with Crippen LogP contribution < -0.4 is 5.56 Å². The minimum Gasteiger partial charge on any atom is -0.269 e. The Kier molecular flexibility index (Phi) is 6.20. The van der Waals surface area contributed by atoms with Crippen LogP contribution in [-0.2, 0) is 6.42 Å². The summed E-state index contributed by atoms with van der Waals surface area (Å²) in [6.07, 6.45) is 10.2. The van der Waals surface area contributed by atoms with E-state index < -0.39 is 0 Å². The summed E-state index contributed by atoms with van der Waals surface area (Å²) in [5, 5.41) is 0. The zero-order valence-corrected chi connectivity index (χ0v) is 12.8. The molecule has 0 aromatic carbocycles. The molecule has 0 spiro atoms. The van der Waals surface area contributed by atoms with Crippen molar-refractivity contribution in [3.05, 3.63) is 58.6 Å². The molecule has 2 rings (SSSR count). The number of rotatable bonds is 8. The van der Waals surface area contributed by atoms with Gasteiger partial charge >= 0.3 is 0 Å². The van der Waals surface area contributed by atoms with Crippen molar-refractivity contribution in [1.82, 2.24) is 9.55 Å². The van der Waals surface area contributed by atoms with E-state index in [0.29, 0.717) is 5.82 Å². The third kappa shape index (κ3) is 4.55. The lowest BCUT2D eigenvalue weighted by Crippen LogP contribution is -2.21. The monoisotopic (exact) mass is 284 g/mol. The van der Waals surface area contributed by atoms with Crippen LogP contribution >= 0.6 is 0 Å². The molecule has 0 saturated heterocycles. The fraction of sp³-hybridized carbons (Fsp3) is 0.444. The van der Waals surface area contributed by atoms with Gasteiger partial charge in [0.1, 0.15) is 5.82 Å². The number of nitrogens with zero attached hydrogens (tertiary/aromatic N) is 2. The maximum atomic E-state index is 12.1. The molecule has 0 aliphatic heterocycles. The maximum Gasteiger partial charge on any atom is 0.256 e. The summed E-state index contributed by atoms with van der Waals surface area (Å²) in [6, 6.07) is 11.1. The fourth-order valence-electron chi connectivity index (χ4n) is 2.56. The van der Waals surface area contributed by atoms with Crippen molar-refractivity contribution in [3.63, 3.8) is 0 Å². The average Bonchev–Trinajstić information content (AvgIpc) is 2.52. The van der Waals surface area contributed by atoms with Crippen molar-refractivity contribution < 1.29 is 0 Å². The van der Waals surface area contributed by atoms with Gasteiger partial charge in [-0.05, 0) is 31.0 Å². The second-order valence-electron chi connectivity index (χ2n) is 5.40. The Morgan fingerprint density at radius 2 is 1.76 bits per heavy atom. The first-order chi connectivity index (χ1) is 10.3. The lowest BCUT2D eigenvalue weighted by atomic mass is 10.1. The van der Waals surface area contributed by atoms with Gasteiger partial charge in [-0.1, -0.05) is 51.2 Å².